The Labute approximate surface area is 167 Å². The summed E-state index contributed by atoms with van der Waals surface area (Å²) in [4.78, 5) is 14.9. The lowest BCUT2D eigenvalue weighted by atomic mass is 10.1. The molecule has 150 valence electrons. The lowest BCUT2D eigenvalue weighted by molar-refractivity contribution is -0.385. The first kappa shape index (κ1) is 19.9. The van der Waals surface area contributed by atoms with E-state index in [4.69, 9.17) is 15.2 Å². The maximum Gasteiger partial charge on any atom is 0.276 e. The molecule has 0 fully saturated rings. The lowest BCUT2D eigenvalue weighted by Gasteiger charge is -2.12. The van der Waals surface area contributed by atoms with Gasteiger partial charge in [0.1, 0.15) is 6.61 Å². The fourth-order valence-electron chi connectivity index (χ4n) is 2.73. The summed E-state index contributed by atoms with van der Waals surface area (Å²) in [5.74, 6) is 1.25. The number of hydrogen-bond donors (Lipinski definition) is 1. The number of nitrogen functional groups attached to an aromatic ring is 1. The molecule has 29 heavy (non-hydrogen) atoms. The second-order valence-corrected chi connectivity index (χ2v) is 6.42. The first-order chi connectivity index (χ1) is 13.9. The number of aromatic nitrogens is 2. The van der Waals surface area contributed by atoms with Crippen LogP contribution in [-0.2, 0) is 6.61 Å². The van der Waals surface area contributed by atoms with E-state index < -0.39 is 4.92 Å². The maximum atomic E-state index is 11.3. The first-order valence-corrected chi connectivity index (χ1v) is 8.78. The van der Waals surface area contributed by atoms with Gasteiger partial charge >= 0.3 is 0 Å². The summed E-state index contributed by atoms with van der Waals surface area (Å²) in [7, 11) is 1.52. The fourth-order valence-corrected chi connectivity index (χ4v) is 2.73. The molecular weight excluding hydrogens is 374 g/mol. The normalized spacial score (nSPS) is 11.0. The van der Waals surface area contributed by atoms with Crippen LogP contribution in [0.25, 0.3) is 0 Å². The van der Waals surface area contributed by atoms with Crippen molar-refractivity contribution in [2.24, 2.45) is 5.10 Å². The van der Waals surface area contributed by atoms with Gasteiger partial charge < -0.3 is 15.2 Å². The van der Waals surface area contributed by atoms with Crippen LogP contribution in [-0.4, -0.2) is 27.9 Å². The van der Waals surface area contributed by atoms with Crippen LogP contribution in [0, 0.1) is 24.0 Å². The molecule has 0 aliphatic heterocycles. The van der Waals surface area contributed by atoms with E-state index in [9.17, 15) is 10.1 Å². The van der Waals surface area contributed by atoms with Crippen LogP contribution in [0.4, 0.5) is 11.6 Å². The average molecular weight is 395 g/mol. The van der Waals surface area contributed by atoms with E-state index in [0.717, 1.165) is 16.8 Å². The topological polar surface area (TPSA) is 118 Å². The van der Waals surface area contributed by atoms with Crippen molar-refractivity contribution < 1.29 is 14.4 Å². The monoisotopic (exact) mass is 395 g/mol. The average Bonchev–Trinajstić information content (AvgIpc) is 3.02. The Kier molecular flexibility index (Phi) is 5.77. The van der Waals surface area contributed by atoms with Gasteiger partial charge in [0.15, 0.2) is 11.5 Å². The third-order valence-corrected chi connectivity index (χ3v) is 4.17. The Morgan fingerprint density at radius 3 is 2.69 bits per heavy atom. The molecule has 3 rings (SSSR count). The summed E-state index contributed by atoms with van der Waals surface area (Å²) in [6.07, 6.45) is 3.34. The quantitative estimate of drug-likeness (QED) is 0.372. The van der Waals surface area contributed by atoms with Crippen molar-refractivity contribution in [3.05, 3.63) is 75.1 Å². The van der Waals surface area contributed by atoms with Gasteiger partial charge in [0, 0.05) is 6.07 Å². The minimum atomic E-state index is -0.411. The number of nitrogens with zero attached hydrogens (tertiary/aromatic N) is 4. The van der Waals surface area contributed by atoms with Crippen LogP contribution in [0.2, 0.25) is 0 Å². The van der Waals surface area contributed by atoms with Crippen molar-refractivity contribution in [2.45, 2.75) is 20.5 Å². The predicted molar refractivity (Wildman–Crippen MR) is 110 cm³/mol. The molecule has 9 nitrogen and oxygen atoms in total. The summed E-state index contributed by atoms with van der Waals surface area (Å²) in [5.41, 5.74) is 8.63. The van der Waals surface area contributed by atoms with Crippen LogP contribution in [0.15, 0.2) is 47.7 Å². The molecule has 0 aliphatic carbocycles. The van der Waals surface area contributed by atoms with E-state index in [2.05, 4.69) is 10.1 Å². The van der Waals surface area contributed by atoms with E-state index in [1.807, 2.05) is 13.0 Å². The molecule has 0 saturated heterocycles. The third kappa shape index (κ3) is 4.70. The largest absolute Gasteiger partial charge is 0.493 e. The molecule has 3 aromatic rings. The molecule has 0 unspecified atom stereocenters. The molecule has 2 aromatic carbocycles. The van der Waals surface area contributed by atoms with E-state index >= 15 is 0 Å². The van der Waals surface area contributed by atoms with Crippen molar-refractivity contribution >= 4 is 17.9 Å². The van der Waals surface area contributed by atoms with E-state index in [1.165, 1.54) is 17.9 Å². The summed E-state index contributed by atoms with van der Waals surface area (Å²) < 4.78 is 12.6. The molecule has 1 aromatic heterocycles. The van der Waals surface area contributed by atoms with Gasteiger partial charge in [-0.1, -0.05) is 6.07 Å². The van der Waals surface area contributed by atoms with E-state index in [0.29, 0.717) is 23.0 Å². The van der Waals surface area contributed by atoms with E-state index in [1.54, 1.807) is 43.6 Å². The van der Waals surface area contributed by atoms with Gasteiger partial charge in [0.05, 0.1) is 35.7 Å². The third-order valence-electron chi connectivity index (χ3n) is 4.17. The predicted octanol–water partition coefficient (Wildman–Crippen LogP) is 3.46. The molecular formula is C20H21N5O4. The number of methoxy groups -OCH3 is 1. The highest BCUT2D eigenvalue weighted by atomic mass is 16.6. The van der Waals surface area contributed by atoms with Crippen molar-refractivity contribution in [1.82, 2.24) is 9.66 Å². The summed E-state index contributed by atoms with van der Waals surface area (Å²) in [5, 5.41) is 15.5. The highest BCUT2D eigenvalue weighted by molar-refractivity contribution is 5.81. The zero-order chi connectivity index (χ0) is 21.0. The zero-order valence-corrected chi connectivity index (χ0v) is 16.3. The number of nitro groups is 1. The minimum Gasteiger partial charge on any atom is -0.493 e. The number of nitrogens with two attached hydrogens (primary N) is 1. The number of hydrogen-bond acceptors (Lipinski definition) is 7. The van der Waals surface area contributed by atoms with Crippen molar-refractivity contribution in [2.75, 3.05) is 12.8 Å². The molecule has 0 aliphatic rings. The molecule has 9 heteroatoms. The van der Waals surface area contributed by atoms with Crippen LogP contribution in [0.1, 0.15) is 22.4 Å². The number of benzene rings is 2. The van der Waals surface area contributed by atoms with Crippen LogP contribution in [0.5, 0.6) is 11.5 Å². The fraction of sp³-hybridized carbons (Fsp3) is 0.200. The second-order valence-electron chi connectivity index (χ2n) is 6.42. The molecule has 0 saturated carbocycles. The smallest absolute Gasteiger partial charge is 0.276 e. The molecule has 0 bridgehead atoms. The Morgan fingerprint density at radius 1 is 1.24 bits per heavy atom. The summed E-state index contributed by atoms with van der Waals surface area (Å²) in [6.45, 7) is 3.68. The first-order valence-electron chi connectivity index (χ1n) is 8.78. The Morgan fingerprint density at radius 2 is 2.03 bits per heavy atom. The summed E-state index contributed by atoms with van der Waals surface area (Å²) >= 11 is 0. The Bertz CT molecular complexity index is 1070. The molecule has 2 N–H and O–H groups in total. The number of rotatable bonds is 7. The molecule has 1 heterocycles. The van der Waals surface area contributed by atoms with Crippen LogP contribution >= 0.6 is 0 Å². The number of ether oxygens (including phenoxy) is 2. The molecule has 0 atom stereocenters. The SMILES string of the molecule is COc1cc(C=Nn2cc(C)nc2N)ccc1OCc1ccc(C)cc1[N+](=O)[O-]. The number of anilines is 1. The van der Waals surface area contributed by atoms with Gasteiger partial charge in [-0.15, -0.1) is 0 Å². The number of nitro benzene ring substituents is 1. The minimum absolute atomic E-state index is 0.0286. The Balaban J connectivity index is 1.78. The van der Waals surface area contributed by atoms with Crippen LogP contribution in [0.3, 0.4) is 0 Å². The maximum absolute atomic E-state index is 11.3. The van der Waals surface area contributed by atoms with Gasteiger partial charge in [0.2, 0.25) is 5.95 Å². The van der Waals surface area contributed by atoms with Crippen molar-refractivity contribution in [1.29, 1.82) is 0 Å². The summed E-state index contributed by atoms with van der Waals surface area (Å²) in [6, 6.07) is 10.3. The number of imidazole rings is 1. The molecule has 0 spiro atoms. The zero-order valence-electron chi connectivity index (χ0n) is 16.3. The van der Waals surface area contributed by atoms with Crippen LogP contribution < -0.4 is 15.2 Å². The Hall–Kier alpha value is -3.88. The van der Waals surface area contributed by atoms with Gasteiger partial charge in [-0.2, -0.15) is 5.10 Å². The highest BCUT2D eigenvalue weighted by Crippen LogP contribution is 2.30. The van der Waals surface area contributed by atoms with Crippen molar-refractivity contribution in [3.8, 4) is 11.5 Å². The highest BCUT2D eigenvalue weighted by Gasteiger charge is 2.15. The number of aryl methyl sites for hydroxylation is 2. The second kappa shape index (κ2) is 8.42. The van der Waals surface area contributed by atoms with Gasteiger partial charge in [-0.25, -0.2) is 9.66 Å². The molecule has 0 radical (unpaired) electrons. The standard InChI is InChI=1S/C20H21N5O4/c1-13-4-6-16(17(8-13)25(26)27)12-29-18-7-5-15(9-19(18)28-3)10-22-24-11-14(2)23-20(24)21/h4-11H,12H2,1-3H3,(H2,21,23). The van der Waals surface area contributed by atoms with Gasteiger partial charge in [0.25, 0.3) is 5.69 Å². The van der Waals surface area contributed by atoms with Crippen molar-refractivity contribution in [3.63, 3.8) is 0 Å². The van der Waals surface area contributed by atoms with E-state index in [-0.39, 0.29) is 12.3 Å². The molecule has 0 amide bonds. The lowest BCUT2D eigenvalue weighted by Crippen LogP contribution is -2.02. The van der Waals surface area contributed by atoms with Gasteiger partial charge in [-0.05, 0) is 49.2 Å². The van der Waals surface area contributed by atoms with Gasteiger partial charge in [-0.3, -0.25) is 10.1 Å².